The Balaban J connectivity index is 1.71. The Morgan fingerprint density at radius 2 is 1.53 bits per heavy atom. The van der Waals surface area contributed by atoms with Crippen LogP contribution in [0.3, 0.4) is 0 Å². The van der Waals surface area contributed by atoms with Gasteiger partial charge in [-0.1, -0.05) is 29.3 Å². The van der Waals surface area contributed by atoms with Crippen LogP contribution in [0.2, 0.25) is 10.0 Å². The second-order valence-corrected chi connectivity index (χ2v) is 7.29. The number of esters is 1. The zero-order chi connectivity index (χ0) is 22.1. The van der Waals surface area contributed by atoms with E-state index in [2.05, 4.69) is 10.6 Å². The van der Waals surface area contributed by atoms with Crippen LogP contribution in [-0.4, -0.2) is 31.5 Å². The Kier molecular flexibility index (Phi) is 8.95. The SMILES string of the molecule is COc1ccc(Cl)cc1NC(=O)CCCC(=O)OCC(=O)Nc1cc(Cl)ccc1C. The van der Waals surface area contributed by atoms with Gasteiger partial charge in [0.2, 0.25) is 5.91 Å². The summed E-state index contributed by atoms with van der Waals surface area (Å²) < 4.78 is 10.1. The highest BCUT2D eigenvalue weighted by Crippen LogP contribution is 2.27. The van der Waals surface area contributed by atoms with Crippen molar-refractivity contribution < 1.29 is 23.9 Å². The topological polar surface area (TPSA) is 93.7 Å². The van der Waals surface area contributed by atoms with E-state index in [1.54, 1.807) is 36.4 Å². The fourth-order valence-corrected chi connectivity index (χ4v) is 2.86. The normalized spacial score (nSPS) is 10.3. The van der Waals surface area contributed by atoms with E-state index in [-0.39, 0.29) is 25.2 Å². The zero-order valence-electron chi connectivity index (χ0n) is 16.6. The first-order valence-corrected chi connectivity index (χ1v) is 9.89. The molecule has 0 radical (unpaired) electrons. The summed E-state index contributed by atoms with van der Waals surface area (Å²) in [6.45, 7) is 1.40. The van der Waals surface area contributed by atoms with Gasteiger partial charge >= 0.3 is 5.97 Å². The number of aryl methyl sites for hydroxylation is 1. The van der Waals surface area contributed by atoms with Gasteiger partial charge in [0.25, 0.3) is 5.91 Å². The number of carbonyl (C=O) groups excluding carboxylic acids is 3. The van der Waals surface area contributed by atoms with Crippen molar-refractivity contribution >= 4 is 52.4 Å². The molecule has 2 rings (SSSR count). The Labute approximate surface area is 184 Å². The van der Waals surface area contributed by atoms with Gasteiger partial charge in [-0.05, 0) is 49.2 Å². The molecule has 0 saturated carbocycles. The molecule has 2 amide bonds. The molecule has 0 atom stereocenters. The minimum absolute atomic E-state index is 0.00355. The summed E-state index contributed by atoms with van der Waals surface area (Å²) in [6, 6.07) is 9.97. The predicted octanol–water partition coefficient (Wildman–Crippen LogP) is 4.60. The lowest BCUT2D eigenvalue weighted by Gasteiger charge is -2.11. The number of hydrogen-bond acceptors (Lipinski definition) is 5. The van der Waals surface area contributed by atoms with Crippen molar-refractivity contribution in [2.75, 3.05) is 24.4 Å². The third-order valence-corrected chi connectivity index (χ3v) is 4.53. The first-order valence-electron chi connectivity index (χ1n) is 9.13. The van der Waals surface area contributed by atoms with E-state index >= 15 is 0 Å². The van der Waals surface area contributed by atoms with Crippen LogP contribution in [0.5, 0.6) is 5.75 Å². The maximum atomic E-state index is 12.1. The summed E-state index contributed by atoms with van der Waals surface area (Å²) in [6.07, 6.45) is 0.366. The molecule has 2 aromatic rings. The molecule has 0 fully saturated rings. The number of ether oxygens (including phenoxy) is 2. The number of rotatable bonds is 9. The lowest BCUT2D eigenvalue weighted by Crippen LogP contribution is -2.21. The van der Waals surface area contributed by atoms with Crippen molar-refractivity contribution in [2.24, 2.45) is 0 Å². The molecule has 2 aromatic carbocycles. The third kappa shape index (κ3) is 7.57. The lowest BCUT2D eigenvalue weighted by molar-refractivity contribution is -0.147. The number of carbonyl (C=O) groups is 3. The summed E-state index contributed by atoms with van der Waals surface area (Å²) in [5, 5.41) is 6.27. The smallest absolute Gasteiger partial charge is 0.306 e. The fraction of sp³-hybridized carbons (Fsp3) is 0.286. The number of hydrogen-bond donors (Lipinski definition) is 2. The summed E-state index contributed by atoms with van der Waals surface area (Å²) in [4.78, 5) is 35.8. The van der Waals surface area contributed by atoms with Crippen molar-refractivity contribution in [1.29, 1.82) is 0 Å². The molecule has 0 aliphatic carbocycles. The van der Waals surface area contributed by atoms with Crippen molar-refractivity contribution in [3.63, 3.8) is 0 Å². The Morgan fingerprint density at radius 3 is 2.23 bits per heavy atom. The molecular weight excluding hydrogens is 431 g/mol. The summed E-state index contributed by atoms with van der Waals surface area (Å²) >= 11 is 11.8. The third-order valence-electron chi connectivity index (χ3n) is 4.06. The van der Waals surface area contributed by atoms with E-state index in [0.717, 1.165) is 5.56 Å². The van der Waals surface area contributed by atoms with E-state index < -0.39 is 18.5 Å². The molecule has 0 aliphatic heterocycles. The second kappa shape index (κ2) is 11.4. The van der Waals surface area contributed by atoms with Gasteiger partial charge in [0.1, 0.15) is 5.75 Å². The van der Waals surface area contributed by atoms with Crippen LogP contribution >= 0.6 is 23.2 Å². The monoisotopic (exact) mass is 452 g/mol. The van der Waals surface area contributed by atoms with Crippen LogP contribution in [0, 0.1) is 6.92 Å². The number of benzene rings is 2. The number of amides is 2. The second-order valence-electron chi connectivity index (χ2n) is 6.41. The van der Waals surface area contributed by atoms with Crippen LogP contribution in [-0.2, 0) is 19.1 Å². The molecule has 0 heterocycles. The van der Waals surface area contributed by atoms with E-state index in [0.29, 0.717) is 27.2 Å². The molecule has 160 valence electrons. The van der Waals surface area contributed by atoms with Crippen molar-refractivity contribution in [3.8, 4) is 5.75 Å². The minimum Gasteiger partial charge on any atom is -0.495 e. The van der Waals surface area contributed by atoms with Gasteiger partial charge in [-0.25, -0.2) is 0 Å². The van der Waals surface area contributed by atoms with Crippen LogP contribution in [0.25, 0.3) is 0 Å². The molecule has 0 bridgehead atoms. The highest BCUT2D eigenvalue weighted by molar-refractivity contribution is 6.31. The number of methoxy groups -OCH3 is 1. The molecule has 2 N–H and O–H groups in total. The summed E-state index contributed by atoms with van der Waals surface area (Å²) in [5.41, 5.74) is 1.84. The zero-order valence-corrected chi connectivity index (χ0v) is 18.1. The maximum Gasteiger partial charge on any atom is 0.306 e. The standard InChI is InChI=1S/C21H22Cl2N2O5/c1-13-6-7-14(22)10-16(13)24-20(27)12-30-21(28)5-3-4-19(26)25-17-11-15(23)8-9-18(17)29-2/h6-11H,3-5,12H2,1-2H3,(H,24,27)(H,25,26). The van der Waals surface area contributed by atoms with Crippen LogP contribution in [0.15, 0.2) is 36.4 Å². The summed E-state index contributed by atoms with van der Waals surface area (Å²) in [5.74, 6) is -0.855. The molecule has 0 saturated heterocycles. The van der Waals surface area contributed by atoms with Gasteiger partial charge in [0, 0.05) is 28.6 Å². The number of nitrogens with one attached hydrogen (secondary N) is 2. The largest absolute Gasteiger partial charge is 0.495 e. The van der Waals surface area contributed by atoms with E-state index in [4.69, 9.17) is 32.7 Å². The molecule has 9 heteroatoms. The number of halogens is 2. The first-order chi connectivity index (χ1) is 14.3. The van der Waals surface area contributed by atoms with E-state index in [1.807, 2.05) is 6.92 Å². The van der Waals surface area contributed by atoms with Crippen molar-refractivity contribution in [3.05, 3.63) is 52.0 Å². The Bertz CT molecular complexity index is 934. The van der Waals surface area contributed by atoms with Gasteiger partial charge in [-0.3, -0.25) is 14.4 Å². The van der Waals surface area contributed by atoms with Gasteiger partial charge in [-0.2, -0.15) is 0 Å². The van der Waals surface area contributed by atoms with Crippen LogP contribution < -0.4 is 15.4 Å². The molecule has 0 aromatic heterocycles. The van der Waals surface area contributed by atoms with Gasteiger partial charge in [0.05, 0.1) is 12.8 Å². The Hall–Kier alpha value is -2.77. The molecule has 7 nitrogen and oxygen atoms in total. The highest BCUT2D eigenvalue weighted by atomic mass is 35.5. The average molecular weight is 453 g/mol. The van der Waals surface area contributed by atoms with Crippen molar-refractivity contribution in [1.82, 2.24) is 0 Å². The van der Waals surface area contributed by atoms with Gasteiger partial charge in [0.15, 0.2) is 6.61 Å². The van der Waals surface area contributed by atoms with Crippen molar-refractivity contribution in [2.45, 2.75) is 26.2 Å². The van der Waals surface area contributed by atoms with Gasteiger partial charge < -0.3 is 20.1 Å². The number of anilines is 2. The van der Waals surface area contributed by atoms with Gasteiger partial charge in [-0.15, -0.1) is 0 Å². The van der Waals surface area contributed by atoms with Crippen LogP contribution in [0.4, 0.5) is 11.4 Å². The quantitative estimate of drug-likeness (QED) is 0.542. The molecule has 0 unspecified atom stereocenters. The highest BCUT2D eigenvalue weighted by Gasteiger charge is 2.12. The van der Waals surface area contributed by atoms with E-state index in [9.17, 15) is 14.4 Å². The predicted molar refractivity (Wildman–Crippen MR) is 116 cm³/mol. The first kappa shape index (κ1) is 23.5. The maximum absolute atomic E-state index is 12.1. The minimum atomic E-state index is -0.568. The summed E-state index contributed by atoms with van der Waals surface area (Å²) in [7, 11) is 1.48. The Morgan fingerprint density at radius 1 is 0.900 bits per heavy atom. The molecule has 0 aliphatic rings. The van der Waals surface area contributed by atoms with Crippen LogP contribution in [0.1, 0.15) is 24.8 Å². The molecular formula is C21H22Cl2N2O5. The average Bonchev–Trinajstić information content (AvgIpc) is 2.69. The van der Waals surface area contributed by atoms with E-state index in [1.165, 1.54) is 7.11 Å². The lowest BCUT2D eigenvalue weighted by atomic mass is 10.2. The molecule has 30 heavy (non-hydrogen) atoms. The fourth-order valence-electron chi connectivity index (χ4n) is 2.52. The molecule has 0 spiro atoms.